The number of benzene rings is 1. The van der Waals surface area contributed by atoms with Crippen LogP contribution in [0, 0.1) is 25.1 Å². The predicted molar refractivity (Wildman–Crippen MR) is 130 cm³/mol. The second kappa shape index (κ2) is 9.72. The van der Waals surface area contributed by atoms with E-state index in [1.807, 2.05) is 39.0 Å². The molecule has 0 aliphatic carbocycles. The molecule has 0 bridgehead atoms. The number of H-pyrrole nitrogens is 1. The average Bonchev–Trinajstić information content (AvgIpc) is 3.20. The minimum absolute atomic E-state index is 0.0432. The van der Waals surface area contributed by atoms with E-state index in [1.165, 1.54) is 6.07 Å². The number of nitrogens with one attached hydrogen (secondary N) is 2. The summed E-state index contributed by atoms with van der Waals surface area (Å²) in [4.78, 5) is 19.3. The molecule has 0 unspecified atom stereocenters. The van der Waals surface area contributed by atoms with Crippen LogP contribution in [-0.4, -0.2) is 43.7 Å². The van der Waals surface area contributed by atoms with Gasteiger partial charge in [-0.2, -0.15) is 5.10 Å². The number of anilines is 2. The van der Waals surface area contributed by atoms with Crippen molar-refractivity contribution in [1.29, 1.82) is 0 Å². The van der Waals surface area contributed by atoms with E-state index in [1.54, 1.807) is 12.1 Å². The van der Waals surface area contributed by atoms with Crippen molar-refractivity contribution in [1.82, 2.24) is 20.1 Å². The summed E-state index contributed by atoms with van der Waals surface area (Å²) in [6.45, 7) is 6.79. The summed E-state index contributed by atoms with van der Waals surface area (Å²) in [7, 11) is 0. The maximum Gasteiger partial charge on any atom is 0.310 e. The molecular weight excluding hydrogens is 457 g/mol. The largest absolute Gasteiger partial charge is 0.481 e. The first-order chi connectivity index (χ1) is 16.2. The quantitative estimate of drug-likeness (QED) is 0.423. The Bertz CT molecular complexity index is 1200. The van der Waals surface area contributed by atoms with Crippen LogP contribution in [0.25, 0.3) is 0 Å². The third-order valence-corrected chi connectivity index (χ3v) is 6.96. The Kier molecular flexibility index (Phi) is 6.91. The number of pyridine rings is 1. The number of carbonyl (C=O) groups is 1. The van der Waals surface area contributed by atoms with Crippen molar-refractivity contribution < 1.29 is 14.3 Å². The molecule has 1 saturated heterocycles. The predicted octanol–water partition coefficient (Wildman–Crippen LogP) is 5.26. The van der Waals surface area contributed by atoms with Gasteiger partial charge in [0.05, 0.1) is 10.4 Å². The van der Waals surface area contributed by atoms with Crippen LogP contribution in [0.2, 0.25) is 5.02 Å². The molecule has 1 aromatic carbocycles. The number of aromatic nitrogens is 3. The number of hydrogen-bond donors (Lipinski definition) is 3. The number of halogens is 2. The van der Waals surface area contributed by atoms with E-state index in [-0.39, 0.29) is 11.1 Å². The first kappa shape index (κ1) is 24.2. The fourth-order valence-corrected chi connectivity index (χ4v) is 4.87. The highest BCUT2D eigenvalue weighted by atomic mass is 35.5. The van der Waals surface area contributed by atoms with Crippen molar-refractivity contribution in [3.63, 3.8) is 0 Å². The van der Waals surface area contributed by atoms with E-state index in [4.69, 9.17) is 16.6 Å². The minimum Gasteiger partial charge on any atom is -0.481 e. The molecule has 3 N–H and O–H groups in total. The summed E-state index contributed by atoms with van der Waals surface area (Å²) in [6.07, 6.45) is 1.22. The van der Waals surface area contributed by atoms with Gasteiger partial charge in [0.25, 0.3) is 0 Å². The van der Waals surface area contributed by atoms with E-state index in [0.717, 1.165) is 11.3 Å². The van der Waals surface area contributed by atoms with Gasteiger partial charge < -0.3 is 10.4 Å². The molecule has 0 saturated carbocycles. The minimum atomic E-state index is -0.939. The first-order valence-corrected chi connectivity index (χ1v) is 11.7. The van der Waals surface area contributed by atoms with Crippen LogP contribution in [0.5, 0.6) is 0 Å². The summed E-state index contributed by atoms with van der Waals surface area (Å²) in [5, 5.41) is 20.6. The normalized spacial score (nSPS) is 20.9. The number of piperidine rings is 1. The van der Waals surface area contributed by atoms with Gasteiger partial charge in [0.15, 0.2) is 5.82 Å². The number of aromatic amines is 1. The van der Waals surface area contributed by atoms with Crippen LogP contribution in [0.15, 0.2) is 36.4 Å². The van der Waals surface area contributed by atoms with Crippen LogP contribution in [-0.2, 0) is 17.8 Å². The molecule has 0 spiro atoms. The topological polar surface area (TPSA) is 94.1 Å². The van der Waals surface area contributed by atoms with E-state index in [2.05, 4.69) is 20.4 Å². The number of aliphatic carboxylic acids is 1. The van der Waals surface area contributed by atoms with Crippen LogP contribution >= 0.6 is 11.6 Å². The fraction of sp³-hybridized carbons (Fsp3) is 0.400. The Morgan fingerprint density at radius 2 is 2.15 bits per heavy atom. The van der Waals surface area contributed by atoms with Gasteiger partial charge >= 0.3 is 5.97 Å². The lowest BCUT2D eigenvalue weighted by molar-refractivity contribution is -0.153. The van der Waals surface area contributed by atoms with Crippen molar-refractivity contribution in [2.75, 3.05) is 11.9 Å². The average molecular weight is 486 g/mol. The number of hydrogen-bond acceptors (Lipinski definition) is 5. The van der Waals surface area contributed by atoms with Crippen LogP contribution in [0.4, 0.5) is 16.0 Å². The summed E-state index contributed by atoms with van der Waals surface area (Å²) < 4.78 is 14.4. The molecule has 3 aromatic rings. The zero-order valence-corrected chi connectivity index (χ0v) is 20.3. The van der Waals surface area contributed by atoms with E-state index in [0.29, 0.717) is 55.2 Å². The summed E-state index contributed by atoms with van der Waals surface area (Å²) in [5.74, 6) is 0.0787. The maximum atomic E-state index is 14.4. The third-order valence-electron chi connectivity index (χ3n) is 6.67. The zero-order chi connectivity index (χ0) is 24.5. The molecule has 2 atom stereocenters. The molecule has 2 aromatic heterocycles. The first-order valence-electron chi connectivity index (χ1n) is 11.3. The van der Waals surface area contributed by atoms with Crippen LogP contribution in [0.3, 0.4) is 0 Å². The van der Waals surface area contributed by atoms with Crippen molar-refractivity contribution in [3.8, 4) is 0 Å². The molecule has 0 radical (unpaired) electrons. The number of aryl methyl sites for hydroxylation is 2. The molecule has 0 amide bonds. The smallest absolute Gasteiger partial charge is 0.310 e. The Balaban J connectivity index is 1.51. The van der Waals surface area contributed by atoms with Crippen molar-refractivity contribution in [3.05, 3.63) is 69.8 Å². The second-order valence-corrected chi connectivity index (χ2v) is 9.69. The molecule has 7 nitrogen and oxygen atoms in total. The van der Waals surface area contributed by atoms with Crippen molar-refractivity contribution in [2.45, 2.75) is 52.6 Å². The third kappa shape index (κ3) is 5.08. The monoisotopic (exact) mass is 485 g/mol. The van der Waals surface area contributed by atoms with Gasteiger partial charge in [-0.3, -0.25) is 14.8 Å². The van der Waals surface area contributed by atoms with Gasteiger partial charge in [-0.1, -0.05) is 29.8 Å². The van der Waals surface area contributed by atoms with Gasteiger partial charge in [-0.25, -0.2) is 9.37 Å². The Hall–Kier alpha value is -2.97. The number of carboxylic acids is 1. The van der Waals surface area contributed by atoms with E-state index >= 15 is 0 Å². The highest BCUT2D eigenvalue weighted by Gasteiger charge is 2.44. The maximum absolute atomic E-state index is 14.4. The SMILES string of the molecule is Cc1cc(Nc2nc(C[C@@]3(C(=O)O)CCN(Cc4cccc(Cl)c4F)[C@H](C)C3)ccc2C)n[nH]1. The lowest BCUT2D eigenvalue weighted by Crippen LogP contribution is -2.49. The van der Waals surface area contributed by atoms with Crippen molar-refractivity contribution in [2.24, 2.45) is 5.41 Å². The van der Waals surface area contributed by atoms with Gasteiger partial charge in [0.2, 0.25) is 0 Å². The van der Waals surface area contributed by atoms with Gasteiger partial charge in [-0.15, -0.1) is 0 Å². The summed E-state index contributed by atoms with van der Waals surface area (Å²) in [6, 6.07) is 10.7. The Morgan fingerprint density at radius 1 is 1.35 bits per heavy atom. The fourth-order valence-electron chi connectivity index (χ4n) is 4.67. The molecule has 1 fully saturated rings. The molecule has 180 valence electrons. The highest BCUT2D eigenvalue weighted by molar-refractivity contribution is 6.30. The Morgan fingerprint density at radius 3 is 2.82 bits per heavy atom. The molecular formula is C25H29ClFN5O2. The number of carboxylic acid groups (broad SMARTS) is 1. The Labute approximate surface area is 203 Å². The lowest BCUT2D eigenvalue weighted by atomic mass is 9.72. The van der Waals surface area contributed by atoms with Gasteiger partial charge in [0, 0.05) is 42.0 Å². The molecule has 1 aliphatic heterocycles. The lowest BCUT2D eigenvalue weighted by Gasteiger charge is -2.43. The van der Waals surface area contributed by atoms with Crippen LogP contribution in [0.1, 0.15) is 42.3 Å². The summed E-state index contributed by atoms with van der Waals surface area (Å²) >= 11 is 5.93. The molecule has 1 aliphatic rings. The highest BCUT2D eigenvalue weighted by Crippen LogP contribution is 2.39. The second-order valence-electron chi connectivity index (χ2n) is 9.28. The van der Waals surface area contributed by atoms with Gasteiger partial charge in [-0.05, 0) is 57.9 Å². The van der Waals surface area contributed by atoms with Gasteiger partial charge in [0.1, 0.15) is 11.6 Å². The molecule has 4 rings (SSSR count). The van der Waals surface area contributed by atoms with E-state index in [9.17, 15) is 14.3 Å². The van der Waals surface area contributed by atoms with Crippen LogP contribution < -0.4 is 5.32 Å². The zero-order valence-electron chi connectivity index (χ0n) is 19.5. The number of nitrogens with zero attached hydrogens (tertiary/aromatic N) is 3. The summed E-state index contributed by atoms with van der Waals surface area (Å²) in [5.41, 5.74) is 2.17. The van der Waals surface area contributed by atoms with E-state index < -0.39 is 17.2 Å². The molecule has 34 heavy (non-hydrogen) atoms. The molecule has 9 heteroatoms. The van der Waals surface area contributed by atoms with Crippen molar-refractivity contribution >= 4 is 29.2 Å². The number of rotatable bonds is 7. The standard InChI is InChI=1S/C25H29ClFN5O2/c1-15-7-8-19(28-23(15)29-21-11-16(2)30-31-21)13-25(24(33)34)9-10-32(17(3)12-25)14-18-5-4-6-20(26)22(18)27/h4-8,11,17H,9-10,12-14H2,1-3H3,(H,33,34)(H2,28,29,30,31)/t17-,25-/m1/s1. The number of likely N-dealkylation sites (tertiary alicyclic amines) is 1. The molecule has 3 heterocycles.